The second-order valence-corrected chi connectivity index (χ2v) is 8.58. The van der Waals surface area contributed by atoms with E-state index in [0.29, 0.717) is 23.6 Å². The molecule has 142 valence electrons. The van der Waals surface area contributed by atoms with Crippen molar-refractivity contribution in [3.05, 3.63) is 28.8 Å². The number of ether oxygens (including phenoxy) is 1. The molecule has 2 rings (SSSR count). The zero-order valence-electron chi connectivity index (χ0n) is 17.1. The Morgan fingerprint density at radius 2 is 1.96 bits per heavy atom. The first-order valence-corrected chi connectivity index (χ1v) is 9.16. The Bertz CT molecular complexity index is 600. The molecule has 25 heavy (non-hydrogen) atoms. The van der Waals surface area contributed by atoms with E-state index in [2.05, 4.69) is 32.2 Å². The zero-order valence-corrected chi connectivity index (χ0v) is 17.1. The quantitative estimate of drug-likeness (QED) is 0.722. The summed E-state index contributed by atoms with van der Waals surface area (Å²) in [6.07, 6.45) is 1.96. The van der Waals surface area contributed by atoms with Crippen LogP contribution in [0.4, 0.5) is 4.79 Å². The lowest BCUT2D eigenvalue weighted by molar-refractivity contribution is 0.0531. The summed E-state index contributed by atoms with van der Waals surface area (Å²) in [5.74, 6) is 1.03. The maximum atomic E-state index is 10.7. The third-order valence-corrected chi connectivity index (χ3v) is 4.86. The SMILES string of the molecule is CCNC(=O)OC(C)(C)C.Cc1cc2c(cc1O)CCC(C)(C)C2C. The molecule has 0 aliphatic heterocycles. The van der Waals surface area contributed by atoms with Crippen molar-refractivity contribution < 1.29 is 14.6 Å². The fourth-order valence-corrected chi connectivity index (χ4v) is 2.93. The molecular formula is C21H35NO3. The van der Waals surface area contributed by atoms with Crippen molar-refractivity contribution in [3.8, 4) is 5.75 Å². The molecule has 0 bridgehead atoms. The minimum atomic E-state index is -0.390. The van der Waals surface area contributed by atoms with Crippen molar-refractivity contribution in [2.75, 3.05) is 6.54 Å². The first kappa shape index (κ1) is 21.3. The van der Waals surface area contributed by atoms with Gasteiger partial charge in [0.25, 0.3) is 0 Å². The summed E-state index contributed by atoms with van der Waals surface area (Å²) in [6.45, 7) is 16.9. The highest BCUT2D eigenvalue weighted by Gasteiger charge is 2.32. The second-order valence-electron chi connectivity index (χ2n) is 8.58. The number of hydrogen-bond donors (Lipinski definition) is 2. The summed E-state index contributed by atoms with van der Waals surface area (Å²) >= 11 is 0. The van der Waals surface area contributed by atoms with Gasteiger partial charge in [-0.2, -0.15) is 0 Å². The van der Waals surface area contributed by atoms with E-state index in [4.69, 9.17) is 4.74 Å². The number of nitrogens with one attached hydrogen (secondary N) is 1. The summed E-state index contributed by atoms with van der Waals surface area (Å²) in [5, 5.41) is 12.2. The number of benzene rings is 1. The molecule has 0 spiro atoms. The molecule has 1 amide bonds. The third kappa shape index (κ3) is 6.26. The second kappa shape index (κ2) is 8.11. The summed E-state index contributed by atoms with van der Waals surface area (Å²) in [6, 6.07) is 4.12. The number of carbonyl (C=O) groups excluding carboxylic acids is 1. The van der Waals surface area contributed by atoms with Gasteiger partial charge in [0.05, 0.1) is 0 Å². The van der Waals surface area contributed by atoms with Crippen LogP contribution in [-0.4, -0.2) is 23.3 Å². The number of fused-ring (bicyclic) bond motifs is 1. The lowest BCUT2D eigenvalue weighted by Gasteiger charge is -2.38. The van der Waals surface area contributed by atoms with Crippen LogP contribution in [0.25, 0.3) is 0 Å². The minimum Gasteiger partial charge on any atom is -0.508 e. The number of phenolic OH excluding ortho intramolecular Hbond substituents is 1. The number of amides is 1. The number of carbonyl (C=O) groups is 1. The van der Waals surface area contributed by atoms with Gasteiger partial charge in [-0.1, -0.05) is 26.8 Å². The van der Waals surface area contributed by atoms with Crippen LogP contribution in [0.15, 0.2) is 12.1 Å². The van der Waals surface area contributed by atoms with Gasteiger partial charge in [-0.3, -0.25) is 0 Å². The molecule has 2 N–H and O–H groups in total. The van der Waals surface area contributed by atoms with Gasteiger partial charge in [0, 0.05) is 6.54 Å². The van der Waals surface area contributed by atoms with E-state index in [0.717, 1.165) is 12.0 Å². The van der Waals surface area contributed by atoms with Crippen molar-refractivity contribution in [2.24, 2.45) is 5.41 Å². The molecule has 0 saturated carbocycles. The number of rotatable bonds is 1. The molecule has 1 atom stereocenters. The van der Waals surface area contributed by atoms with Gasteiger partial charge in [-0.25, -0.2) is 4.79 Å². The molecule has 1 aromatic carbocycles. The molecule has 0 heterocycles. The predicted molar refractivity (Wildman–Crippen MR) is 103 cm³/mol. The van der Waals surface area contributed by atoms with Crippen molar-refractivity contribution >= 4 is 6.09 Å². The van der Waals surface area contributed by atoms with Crippen molar-refractivity contribution in [2.45, 2.75) is 79.8 Å². The van der Waals surface area contributed by atoms with Gasteiger partial charge in [0.15, 0.2) is 0 Å². The van der Waals surface area contributed by atoms with E-state index in [1.54, 1.807) is 0 Å². The Morgan fingerprint density at radius 1 is 1.36 bits per heavy atom. The Balaban J connectivity index is 0.000000275. The minimum absolute atomic E-state index is 0.352. The average Bonchev–Trinajstić information content (AvgIpc) is 2.45. The topological polar surface area (TPSA) is 58.6 Å². The standard InChI is InChI=1S/C14H20O.C7H15NO2/c1-9-7-12-10(2)14(3,4)6-5-11(12)8-13(9)15;1-5-8-6(9)10-7(2,3)4/h7-8,10,15H,5-6H2,1-4H3;5H2,1-4H3,(H,8,9). The zero-order chi connectivity index (χ0) is 19.4. The third-order valence-electron chi connectivity index (χ3n) is 4.86. The molecule has 0 saturated heterocycles. The Labute approximate surface area is 153 Å². The van der Waals surface area contributed by atoms with Gasteiger partial charge < -0.3 is 15.2 Å². The van der Waals surface area contributed by atoms with Crippen LogP contribution >= 0.6 is 0 Å². The van der Waals surface area contributed by atoms with Gasteiger partial charge in [-0.15, -0.1) is 0 Å². The number of phenols is 1. The Kier molecular flexibility index (Phi) is 6.92. The van der Waals surface area contributed by atoms with Crippen LogP contribution in [0.5, 0.6) is 5.75 Å². The number of aromatic hydroxyl groups is 1. The predicted octanol–water partition coefficient (Wildman–Crippen LogP) is 5.31. The van der Waals surface area contributed by atoms with E-state index in [1.165, 1.54) is 17.5 Å². The molecule has 0 aromatic heterocycles. The highest BCUT2D eigenvalue weighted by Crippen LogP contribution is 2.45. The monoisotopic (exact) mass is 349 g/mol. The molecule has 4 heteroatoms. The molecule has 0 radical (unpaired) electrons. The normalized spacial score (nSPS) is 18.5. The van der Waals surface area contributed by atoms with Crippen LogP contribution < -0.4 is 5.32 Å². The highest BCUT2D eigenvalue weighted by atomic mass is 16.6. The first-order chi connectivity index (χ1) is 11.4. The van der Waals surface area contributed by atoms with E-state index in [1.807, 2.05) is 40.7 Å². The van der Waals surface area contributed by atoms with Crippen LogP contribution in [0, 0.1) is 12.3 Å². The highest BCUT2D eigenvalue weighted by molar-refractivity contribution is 5.67. The van der Waals surface area contributed by atoms with Crippen molar-refractivity contribution in [1.29, 1.82) is 0 Å². The van der Waals surface area contributed by atoms with E-state index in [9.17, 15) is 9.90 Å². The van der Waals surface area contributed by atoms with Crippen molar-refractivity contribution in [3.63, 3.8) is 0 Å². The fourth-order valence-electron chi connectivity index (χ4n) is 2.93. The van der Waals surface area contributed by atoms with E-state index in [-0.39, 0.29) is 11.7 Å². The summed E-state index contributed by atoms with van der Waals surface area (Å²) in [7, 11) is 0. The summed E-state index contributed by atoms with van der Waals surface area (Å²) in [5.41, 5.74) is 3.76. The smallest absolute Gasteiger partial charge is 0.407 e. The first-order valence-electron chi connectivity index (χ1n) is 9.16. The lowest BCUT2D eigenvalue weighted by Crippen LogP contribution is -2.32. The molecular weight excluding hydrogens is 314 g/mol. The molecule has 4 nitrogen and oxygen atoms in total. The van der Waals surface area contributed by atoms with Crippen molar-refractivity contribution in [1.82, 2.24) is 5.32 Å². The largest absolute Gasteiger partial charge is 0.508 e. The Morgan fingerprint density at radius 3 is 2.48 bits per heavy atom. The van der Waals surface area contributed by atoms with Gasteiger partial charge >= 0.3 is 6.09 Å². The molecule has 1 aliphatic carbocycles. The fraction of sp³-hybridized carbons (Fsp3) is 0.667. The molecule has 1 aliphatic rings. The van der Waals surface area contributed by atoms with Crippen LogP contribution in [0.2, 0.25) is 0 Å². The average molecular weight is 350 g/mol. The maximum absolute atomic E-state index is 10.7. The Hall–Kier alpha value is -1.71. The van der Waals surface area contributed by atoms with Crippen LogP contribution in [0.3, 0.4) is 0 Å². The molecule has 1 aromatic rings. The lowest BCUT2D eigenvalue weighted by atomic mass is 9.67. The number of aryl methyl sites for hydroxylation is 2. The van der Waals surface area contributed by atoms with Gasteiger partial charge in [-0.05, 0) is 81.5 Å². The number of hydrogen-bond acceptors (Lipinski definition) is 3. The summed E-state index contributed by atoms with van der Waals surface area (Å²) in [4.78, 5) is 10.7. The van der Waals surface area contributed by atoms with E-state index < -0.39 is 0 Å². The maximum Gasteiger partial charge on any atom is 0.407 e. The van der Waals surface area contributed by atoms with Gasteiger partial charge in [0.2, 0.25) is 0 Å². The summed E-state index contributed by atoms with van der Waals surface area (Å²) < 4.78 is 4.93. The number of alkyl carbamates (subject to hydrolysis) is 1. The van der Waals surface area contributed by atoms with Crippen LogP contribution in [-0.2, 0) is 11.2 Å². The van der Waals surface area contributed by atoms with Crippen LogP contribution in [0.1, 0.15) is 77.5 Å². The molecule has 0 fully saturated rings. The van der Waals surface area contributed by atoms with Gasteiger partial charge in [0.1, 0.15) is 11.4 Å². The van der Waals surface area contributed by atoms with E-state index >= 15 is 0 Å². The molecule has 1 unspecified atom stereocenters.